The minimum absolute atomic E-state index is 0.385. The van der Waals surface area contributed by atoms with Gasteiger partial charge < -0.3 is 0 Å². The van der Waals surface area contributed by atoms with E-state index in [9.17, 15) is 0 Å². The van der Waals surface area contributed by atoms with Crippen LogP contribution in [0.4, 0.5) is 0 Å². The van der Waals surface area contributed by atoms with Crippen LogP contribution < -0.4 is 0 Å². The number of hydrogen-bond donors (Lipinski definition) is 0. The molecule has 0 atom stereocenters. The summed E-state index contributed by atoms with van der Waals surface area (Å²) in [7, 11) is 0. The molecule has 2 aliphatic carbocycles. The number of nitrogens with zero attached hydrogens (tertiary/aromatic N) is 3. The number of aromatic nitrogens is 3. The first-order valence-corrected chi connectivity index (χ1v) is 22.3. The van der Waals surface area contributed by atoms with Crippen molar-refractivity contribution in [2.75, 3.05) is 0 Å². The molecule has 3 nitrogen and oxygen atoms in total. The molecule has 11 aromatic rings. The summed E-state index contributed by atoms with van der Waals surface area (Å²) in [4.78, 5) is 15.7. The van der Waals surface area contributed by atoms with E-state index in [1.165, 1.54) is 49.9 Å². The fourth-order valence-electron chi connectivity index (χ4n) is 10.6. The second-order valence-electron chi connectivity index (χ2n) is 17.1. The van der Waals surface area contributed by atoms with E-state index in [0.717, 1.165) is 55.5 Å². The summed E-state index contributed by atoms with van der Waals surface area (Å²) < 4.78 is 0. The van der Waals surface area contributed by atoms with Gasteiger partial charge in [0.15, 0.2) is 17.5 Å². The summed E-state index contributed by atoms with van der Waals surface area (Å²) in [6, 6.07) is 85.3. The van der Waals surface area contributed by atoms with Crippen molar-refractivity contribution < 1.29 is 0 Å². The lowest BCUT2D eigenvalue weighted by molar-refractivity contribution is 0.794. The van der Waals surface area contributed by atoms with Gasteiger partial charge in [-0.15, -0.1) is 0 Å². The smallest absolute Gasteiger partial charge is 0.164 e. The summed E-state index contributed by atoms with van der Waals surface area (Å²) in [5, 5.41) is 2.31. The van der Waals surface area contributed by atoms with Crippen LogP contribution in [0.1, 0.15) is 22.3 Å². The molecule has 1 aromatic heterocycles. The van der Waals surface area contributed by atoms with E-state index >= 15 is 0 Å². The summed E-state index contributed by atoms with van der Waals surface area (Å²) >= 11 is 0. The molecule has 1 spiro atoms. The lowest BCUT2D eigenvalue weighted by Gasteiger charge is -2.30. The van der Waals surface area contributed by atoms with Crippen LogP contribution >= 0.6 is 0 Å². The molecular weight excluding hydrogens is 787 g/mol. The van der Waals surface area contributed by atoms with Crippen molar-refractivity contribution in [3.8, 4) is 89.8 Å². The van der Waals surface area contributed by atoms with Crippen molar-refractivity contribution >= 4 is 10.8 Å². The average Bonchev–Trinajstić information content (AvgIpc) is 3.86. The van der Waals surface area contributed by atoms with Crippen LogP contribution in [-0.4, -0.2) is 15.0 Å². The molecule has 0 fully saturated rings. The molecule has 0 amide bonds. The van der Waals surface area contributed by atoms with Crippen molar-refractivity contribution in [2.45, 2.75) is 5.41 Å². The second-order valence-corrected chi connectivity index (χ2v) is 17.1. The lowest BCUT2D eigenvalue weighted by Crippen LogP contribution is -2.25. The van der Waals surface area contributed by atoms with E-state index < -0.39 is 0 Å². The summed E-state index contributed by atoms with van der Waals surface area (Å²) in [5.74, 6) is 1.88. The van der Waals surface area contributed by atoms with Gasteiger partial charge >= 0.3 is 0 Å². The Kier molecular flexibility index (Phi) is 8.44. The molecular formula is C62H39N3. The van der Waals surface area contributed by atoms with Crippen molar-refractivity contribution in [3.63, 3.8) is 0 Å². The van der Waals surface area contributed by atoms with Crippen LogP contribution in [0.25, 0.3) is 101 Å². The number of fused-ring (bicyclic) bond motifs is 11. The first-order chi connectivity index (χ1) is 32.2. The number of benzene rings is 10. The van der Waals surface area contributed by atoms with Gasteiger partial charge in [0.05, 0.1) is 5.41 Å². The summed E-state index contributed by atoms with van der Waals surface area (Å²) in [6.07, 6.45) is 0. The van der Waals surface area contributed by atoms with Crippen LogP contribution in [-0.2, 0) is 5.41 Å². The average molecular weight is 826 g/mol. The van der Waals surface area contributed by atoms with Crippen molar-refractivity contribution in [1.29, 1.82) is 0 Å². The van der Waals surface area contributed by atoms with Gasteiger partial charge in [0.2, 0.25) is 0 Å². The Morgan fingerprint density at radius 1 is 0.215 bits per heavy atom. The minimum atomic E-state index is -0.385. The molecule has 0 radical (unpaired) electrons. The Bertz CT molecular complexity index is 3620. The molecule has 10 aromatic carbocycles. The summed E-state index contributed by atoms with van der Waals surface area (Å²) in [5.41, 5.74) is 19.7. The Balaban J connectivity index is 0.988. The molecule has 65 heavy (non-hydrogen) atoms. The normalized spacial score (nSPS) is 12.7. The van der Waals surface area contributed by atoms with Crippen LogP contribution in [0.5, 0.6) is 0 Å². The van der Waals surface area contributed by atoms with Crippen LogP contribution in [0, 0.1) is 0 Å². The van der Waals surface area contributed by atoms with E-state index in [2.05, 4.69) is 231 Å². The Labute approximate surface area is 378 Å². The first kappa shape index (κ1) is 37.1. The fraction of sp³-hybridized carbons (Fsp3) is 0.0161. The Hall–Kier alpha value is -8.53. The third-order valence-electron chi connectivity index (χ3n) is 13.5. The van der Waals surface area contributed by atoms with Crippen LogP contribution in [0.15, 0.2) is 237 Å². The standard InChI is InChI=1S/C62H39N3/c1-3-16-40(17-4-1)44-22-15-23-46(36-44)59-63-60(47-31-30-41-18-7-8-21-43(41)37-47)65-61(64-59)48-32-34-49(53(39-48)42-19-5-2-6-20-42)45-33-35-58-54(38-45)52-26-11-14-29-57(52)62(58)55-27-12-9-24-50(55)51-25-10-13-28-56(51)62/h1-39H. The zero-order chi connectivity index (χ0) is 42.9. The topological polar surface area (TPSA) is 38.7 Å². The molecule has 0 N–H and O–H groups in total. The van der Waals surface area contributed by atoms with Gasteiger partial charge in [-0.25, -0.2) is 15.0 Å². The summed E-state index contributed by atoms with van der Waals surface area (Å²) in [6.45, 7) is 0. The maximum atomic E-state index is 5.26. The molecule has 3 heteroatoms. The third-order valence-corrected chi connectivity index (χ3v) is 13.5. The zero-order valence-electron chi connectivity index (χ0n) is 35.4. The van der Waals surface area contributed by atoms with Crippen molar-refractivity contribution in [3.05, 3.63) is 259 Å². The minimum Gasteiger partial charge on any atom is -0.208 e. The highest BCUT2D eigenvalue weighted by Crippen LogP contribution is 2.63. The molecule has 0 saturated heterocycles. The largest absolute Gasteiger partial charge is 0.208 e. The quantitative estimate of drug-likeness (QED) is 0.168. The lowest BCUT2D eigenvalue weighted by atomic mass is 9.70. The van der Waals surface area contributed by atoms with E-state index in [-0.39, 0.29) is 5.41 Å². The second kappa shape index (κ2) is 14.8. The fourth-order valence-corrected chi connectivity index (χ4v) is 10.6. The van der Waals surface area contributed by atoms with E-state index in [4.69, 9.17) is 15.0 Å². The number of hydrogen-bond acceptors (Lipinski definition) is 3. The van der Waals surface area contributed by atoms with E-state index in [1.807, 2.05) is 6.07 Å². The van der Waals surface area contributed by atoms with Crippen LogP contribution in [0.3, 0.4) is 0 Å². The maximum Gasteiger partial charge on any atom is 0.164 e. The van der Waals surface area contributed by atoms with Crippen molar-refractivity contribution in [1.82, 2.24) is 15.0 Å². The highest BCUT2D eigenvalue weighted by molar-refractivity contribution is 5.97. The third kappa shape index (κ3) is 5.86. The van der Waals surface area contributed by atoms with Gasteiger partial charge in [-0.1, -0.05) is 212 Å². The zero-order valence-corrected chi connectivity index (χ0v) is 35.4. The molecule has 2 aliphatic rings. The first-order valence-electron chi connectivity index (χ1n) is 22.3. The van der Waals surface area contributed by atoms with Crippen LogP contribution in [0.2, 0.25) is 0 Å². The van der Waals surface area contributed by atoms with Gasteiger partial charge in [-0.3, -0.25) is 0 Å². The van der Waals surface area contributed by atoms with Gasteiger partial charge in [0, 0.05) is 16.7 Å². The molecule has 302 valence electrons. The highest BCUT2D eigenvalue weighted by atomic mass is 15.0. The van der Waals surface area contributed by atoms with E-state index in [1.54, 1.807) is 0 Å². The van der Waals surface area contributed by atoms with Gasteiger partial charge in [0.1, 0.15) is 0 Å². The monoisotopic (exact) mass is 825 g/mol. The molecule has 1 heterocycles. The molecule has 0 aliphatic heterocycles. The van der Waals surface area contributed by atoms with Gasteiger partial charge in [0.25, 0.3) is 0 Å². The van der Waals surface area contributed by atoms with E-state index in [0.29, 0.717) is 17.5 Å². The molecule has 0 bridgehead atoms. The molecule has 0 unspecified atom stereocenters. The van der Waals surface area contributed by atoms with Gasteiger partial charge in [-0.2, -0.15) is 0 Å². The Morgan fingerprint density at radius 3 is 1.32 bits per heavy atom. The predicted octanol–water partition coefficient (Wildman–Crippen LogP) is 15.4. The van der Waals surface area contributed by atoms with Gasteiger partial charge in [-0.05, 0) is 113 Å². The predicted molar refractivity (Wildman–Crippen MR) is 266 cm³/mol. The van der Waals surface area contributed by atoms with Crippen molar-refractivity contribution in [2.24, 2.45) is 0 Å². The Morgan fingerprint density at radius 2 is 0.662 bits per heavy atom. The maximum absolute atomic E-state index is 5.26. The highest BCUT2D eigenvalue weighted by Gasteiger charge is 2.51. The SMILES string of the molecule is c1ccc(-c2cccc(-c3nc(-c4ccc(-c5ccc6c(c5)-c5ccccc5C65c6ccccc6-c6ccccc65)c(-c5ccccc5)c4)nc(-c4ccc5ccccc5c4)n3)c2)cc1. The number of rotatable bonds is 6. The molecule has 0 saturated carbocycles. The molecule has 13 rings (SSSR count).